The number of rotatable bonds is 10. The molecule has 0 atom stereocenters. The van der Waals surface area contributed by atoms with Gasteiger partial charge in [0.05, 0.1) is 11.5 Å². The van der Waals surface area contributed by atoms with Crippen LogP contribution in [-0.4, -0.2) is 22.6 Å². The fourth-order valence-corrected chi connectivity index (χ4v) is 2.20. The predicted molar refractivity (Wildman–Crippen MR) is 92.6 cm³/mol. The van der Waals surface area contributed by atoms with E-state index < -0.39 is 22.2 Å². The monoisotopic (exact) mass is 346 g/mol. The number of hydrogen-bond donors (Lipinski definition) is 1. The molecular formula is C18H22N2O5. The van der Waals surface area contributed by atoms with Crippen molar-refractivity contribution in [1.29, 1.82) is 5.26 Å². The van der Waals surface area contributed by atoms with Crippen LogP contribution >= 0.6 is 0 Å². The van der Waals surface area contributed by atoms with E-state index >= 15 is 0 Å². The Labute approximate surface area is 146 Å². The third-order valence-corrected chi connectivity index (χ3v) is 3.64. The summed E-state index contributed by atoms with van der Waals surface area (Å²) in [4.78, 5) is 22.0. The normalized spacial score (nSPS) is 11.4. The van der Waals surface area contributed by atoms with Crippen LogP contribution in [0.2, 0.25) is 0 Å². The van der Waals surface area contributed by atoms with Crippen molar-refractivity contribution < 1.29 is 19.6 Å². The van der Waals surface area contributed by atoms with Crippen molar-refractivity contribution in [3.05, 3.63) is 45.5 Å². The molecule has 1 rings (SSSR count). The molecule has 0 aromatic heterocycles. The molecule has 0 amide bonds. The number of aliphatic hydroxyl groups excluding tert-OH is 1. The molecule has 0 aliphatic rings. The smallest absolute Gasteiger partial charge is 0.352 e. The molecule has 25 heavy (non-hydrogen) atoms. The number of nitriles is 1. The van der Waals surface area contributed by atoms with Crippen LogP contribution in [0, 0.1) is 21.4 Å². The Hall–Kier alpha value is -2.88. The summed E-state index contributed by atoms with van der Waals surface area (Å²) in [5.41, 5.74) is -0.529. The highest BCUT2D eigenvalue weighted by Gasteiger charge is 2.18. The van der Waals surface area contributed by atoms with E-state index in [-0.39, 0.29) is 17.9 Å². The highest BCUT2D eigenvalue weighted by atomic mass is 16.6. The van der Waals surface area contributed by atoms with Gasteiger partial charge in [0, 0.05) is 17.7 Å². The van der Waals surface area contributed by atoms with Crippen molar-refractivity contribution in [3.63, 3.8) is 0 Å². The Morgan fingerprint density at radius 2 is 1.80 bits per heavy atom. The van der Waals surface area contributed by atoms with Gasteiger partial charge in [-0.25, -0.2) is 4.79 Å². The first kappa shape index (κ1) is 20.2. The minimum absolute atomic E-state index is 0.138. The topological polar surface area (TPSA) is 113 Å². The van der Waals surface area contributed by atoms with Crippen LogP contribution in [0.3, 0.4) is 0 Å². The Morgan fingerprint density at radius 1 is 1.20 bits per heavy atom. The number of aliphatic hydroxyl groups is 1. The van der Waals surface area contributed by atoms with Gasteiger partial charge in [0.2, 0.25) is 0 Å². The third-order valence-electron chi connectivity index (χ3n) is 3.64. The van der Waals surface area contributed by atoms with Crippen molar-refractivity contribution in [3.8, 4) is 6.07 Å². The fraction of sp³-hybridized carbons (Fsp3) is 0.444. The van der Waals surface area contributed by atoms with Crippen LogP contribution in [0.25, 0.3) is 5.76 Å². The van der Waals surface area contributed by atoms with Gasteiger partial charge in [0.15, 0.2) is 5.57 Å². The molecule has 0 unspecified atom stereocenters. The van der Waals surface area contributed by atoms with Crippen molar-refractivity contribution in [1.82, 2.24) is 0 Å². The van der Waals surface area contributed by atoms with E-state index in [1.165, 1.54) is 30.7 Å². The molecule has 7 heteroatoms. The molecular weight excluding hydrogens is 324 g/mol. The Morgan fingerprint density at radius 3 is 2.36 bits per heavy atom. The van der Waals surface area contributed by atoms with E-state index in [0.717, 1.165) is 25.7 Å². The van der Waals surface area contributed by atoms with Gasteiger partial charge in [0.25, 0.3) is 5.69 Å². The third kappa shape index (κ3) is 6.63. The summed E-state index contributed by atoms with van der Waals surface area (Å²) in [7, 11) is 0. The zero-order chi connectivity index (χ0) is 18.7. The number of non-ortho nitro benzene ring substituents is 1. The molecule has 0 bridgehead atoms. The summed E-state index contributed by atoms with van der Waals surface area (Å²) < 4.78 is 5.02. The Kier molecular flexibility index (Phi) is 8.72. The SMILES string of the molecule is CCCCCCCCOC(=O)/C(C#N)=C(\O)c1ccc([N+](=O)[O-])cc1. The molecule has 7 nitrogen and oxygen atoms in total. The van der Waals surface area contributed by atoms with Gasteiger partial charge in [-0.2, -0.15) is 5.26 Å². The molecule has 0 fully saturated rings. The second-order valence-corrected chi connectivity index (χ2v) is 5.54. The number of unbranched alkanes of at least 4 members (excludes halogenated alkanes) is 5. The van der Waals surface area contributed by atoms with Gasteiger partial charge >= 0.3 is 5.97 Å². The fourth-order valence-electron chi connectivity index (χ4n) is 2.20. The first-order chi connectivity index (χ1) is 12.0. The molecule has 0 spiro atoms. The summed E-state index contributed by atoms with van der Waals surface area (Å²) in [6, 6.07) is 6.53. The number of carbonyl (C=O) groups is 1. The quantitative estimate of drug-likeness (QED) is 0.129. The largest absolute Gasteiger partial charge is 0.506 e. The number of ether oxygens (including phenoxy) is 1. The van der Waals surface area contributed by atoms with Gasteiger partial charge < -0.3 is 9.84 Å². The molecule has 1 aromatic rings. The predicted octanol–water partition coefficient (Wildman–Crippen LogP) is 4.29. The second-order valence-electron chi connectivity index (χ2n) is 5.54. The van der Waals surface area contributed by atoms with Gasteiger partial charge in [0.1, 0.15) is 11.8 Å². The van der Waals surface area contributed by atoms with Gasteiger partial charge in [-0.3, -0.25) is 10.1 Å². The van der Waals surface area contributed by atoms with Gasteiger partial charge in [-0.05, 0) is 18.6 Å². The summed E-state index contributed by atoms with van der Waals surface area (Å²) in [6.45, 7) is 2.32. The maximum absolute atomic E-state index is 11.9. The average Bonchev–Trinajstić information content (AvgIpc) is 2.61. The number of hydrogen-bond acceptors (Lipinski definition) is 6. The number of nitro benzene ring substituents is 1. The minimum Gasteiger partial charge on any atom is -0.506 e. The molecule has 0 saturated heterocycles. The van der Waals surface area contributed by atoms with Crippen LogP contribution < -0.4 is 0 Å². The molecule has 0 aliphatic carbocycles. The summed E-state index contributed by atoms with van der Waals surface area (Å²) in [6.07, 6.45) is 6.20. The average molecular weight is 346 g/mol. The van der Waals surface area contributed by atoms with Crippen molar-refractivity contribution in [2.45, 2.75) is 45.4 Å². The lowest BCUT2D eigenvalue weighted by atomic mass is 10.1. The van der Waals surface area contributed by atoms with Gasteiger partial charge in [-0.15, -0.1) is 0 Å². The van der Waals surface area contributed by atoms with Crippen LogP contribution in [0.4, 0.5) is 5.69 Å². The van der Waals surface area contributed by atoms with E-state index in [0.29, 0.717) is 6.42 Å². The van der Waals surface area contributed by atoms with Gasteiger partial charge in [-0.1, -0.05) is 39.0 Å². The van der Waals surface area contributed by atoms with E-state index in [9.17, 15) is 20.0 Å². The first-order valence-electron chi connectivity index (χ1n) is 8.26. The maximum Gasteiger partial charge on any atom is 0.352 e. The highest BCUT2D eigenvalue weighted by Crippen LogP contribution is 2.20. The molecule has 0 aliphatic heterocycles. The molecule has 0 radical (unpaired) electrons. The lowest BCUT2D eigenvalue weighted by Crippen LogP contribution is -2.10. The lowest BCUT2D eigenvalue weighted by molar-refractivity contribution is -0.384. The number of esters is 1. The van der Waals surface area contributed by atoms with E-state index in [1.807, 2.05) is 0 Å². The number of nitro groups is 1. The number of benzene rings is 1. The molecule has 0 heterocycles. The molecule has 1 N–H and O–H groups in total. The van der Waals surface area contributed by atoms with E-state index in [2.05, 4.69) is 6.92 Å². The summed E-state index contributed by atoms with van der Waals surface area (Å²) in [5, 5.41) is 29.8. The minimum atomic E-state index is -0.896. The van der Waals surface area contributed by atoms with Crippen LogP contribution in [0.15, 0.2) is 29.8 Å². The molecule has 0 saturated carbocycles. The second kappa shape index (κ2) is 10.8. The van der Waals surface area contributed by atoms with Crippen LogP contribution in [0.5, 0.6) is 0 Å². The Bertz CT molecular complexity index is 659. The van der Waals surface area contributed by atoms with E-state index in [1.54, 1.807) is 6.07 Å². The summed E-state index contributed by atoms with van der Waals surface area (Å²) >= 11 is 0. The maximum atomic E-state index is 11.9. The van der Waals surface area contributed by atoms with Crippen molar-refractivity contribution in [2.75, 3.05) is 6.61 Å². The Balaban J connectivity index is 2.62. The lowest BCUT2D eigenvalue weighted by Gasteiger charge is -2.06. The summed E-state index contributed by atoms with van der Waals surface area (Å²) in [5.74, 6) is -1.45. The van der Waals surface area contributed by atoms with Crippen molar-refractivity contribution in [2.24, 2.45) is 0 Å². The van der Waals surface area contributed by atoms with Crippen LogP contribution in [-0.2, 0) is 9.53 Å². The molecule has 1 aromatic carbocycles. The van der Waals surface area contributed by atoms with Crippen LogP contribution in [0.1, 0.15) is 51.0 Å². The van der Waals surface area contributed by atoms with Crippen molar-refractivity contribution >= 4 is 17.4 Å². The zero-order valence-electron chi connectivity index (χ0n) is 14.2. The highest BCUT2D eigenvalue weighted by molar-refractivity contribution is 6.00. The number of carbonyl (C=O) groups excluding carboxylic acids is 1. The standard InChI is InChI=1S/C18H22N2O5/c1-2-3-4-5-6-7-12-25-18(22)16(13-19)17(21)14-8-10-15(11-9-14)20(23)24/h8-11,21H,2-7,12H2,1H3/b17-16-. The zero-order valence-corrected chi connectivity index (χ0v) is 14.2. The first-order valence-corrected chi connectivity index (χ1v) is 8.26. The molecule has 134 valence electrons. The number of nitrogens with zero attached hydrogens (tertiary/aromatic N) is 2. The van der Waals surface area contributed by atoms with E-state index in [4.69, 9.17) is 10.00 Å².